The summed E-state index contributed by atoms with van der Waals surface area (Å²) in [7, 11) is 0. The standard InChI is InChI=1S/C21H26N8O4/c1-20(2)12-21(19(32)29(20)14-7-18(31)33-11-14)3-5-27(6-4-21)10-16(30)15-8-23-17(9-22-15)28-13-24-25-26-28/h7-9,13,16,30H,3-6,10-12H2,1-2H3. The first-order valence-corrected chi connectivity index (χ1v) is 11.0. The van der Waals surface area contributed by atoms with Crippen molar-refractivity contribution in [1.29, 1.82) is 0 Å². The third kappa shape index (κ3) is 3.89. The zero-order valence-corrected chi connectivity index (χ0v) is 18.6. The lowest BCUT2D eigenvalue weighted by Gasteiger charge is -2.38. The summed E-state index contributed by atoms with van der Waals surface area (Å²) >= 11 is 0. The largest absolute Gasteiger partial charge is 0.456 e. The quantitative estimate of drug-likeness (QED) is 0.615. The fraction of sp³-hybridized carbons (Fsp3) is 0.571. The van der Waals surface area contributed by atoms with Crippen LogP contribution in [0.3, 0.4) is 0 Å². The molecule has 1 N–H and O–H groups in total. The molecule has 3 aliphatic heterocycles. The van der Waals surface area contributed by atoms with E-state index in [1.54, 1.807) is 4.90 Å². The van der Waals surface area contributed by atoms with Crippen LogP contribution in [0.25, 0.3) is 5.82 Å². The minimum Gasteiger partial charge on any atom is -0.456 e. The molecule has 2 saturated heterocycles. The summed E-state index contributed by atoms with van der Waals surface area (Å²) in [6.45, 7) is 6.02. The molecular formula is C21H26N8O4. The van der Waals surface area contributed by atoms with Crippen LogP contribution < -0.4 is 0 Å². The van der Waals surface area contributed by atoms with Gasteiger partial charge in [-0.05, 0) is 56.6 Å². The number of cyclic esters (lactones) is 1. The number of tetrazole rings is 1. The maximum absolute atomic E-state index is 13.5. The molecule has 0 radical (unpaired) electrons. The second kappa shape index (κ2) is 7.96. The van der Waals surface area contributed by atoms with E-state index in [4.69, 9.17) is 4.74 Å². The predicted molar refractivity (Wildman–Crippen MR) is 112 cm³/mol. The van der Waals surface area contributed by atoms with Gasteiger partial charge in [0.2, 0.25) is 5.91 Å². The molecule has 33 heavy (non-hydrogen) atoms. The molecule has 2 aromatic heterocycles. The zero-order valence-electron chi connectivity index (χ0n) is 18.6. The number of nitrogens with zero attached hydrogens (tertiary/aromatic N) is 8. The Morgan fingerprint density at radius 3 is 2.58 bits per heavy atom. The van der Waals surface area contributed by atoms with Gasteiger partial charge in [0.15, 0.2) is 5.82 Å². The van der Waals surface area contributed by atoms with E-state index in [1.807, 2.05) is 13.8 Å². The number of aliphatic hydroxyl groups is 1. The molecular weight excluding hydrogens is 428 g/mol. The van der Waals surface area contributed by atoms with Gasteiger partial charge in [-0.1, -0.05) is 0 Å². The lowest BCUT2D eigenvalue weighted by atomic mass is 9.74. The van der Waals surface area contributed by atoms with E-state index in [-0.39, 0.29) is 18.1 Å². The van der Waals surface area contributed by atoms with Crippen LogP contribution in [0.2, 0.25) is 0 Å². The third-order valence-electron chi connectivity index (χ3n) is 6.79. The van der Waals surface area contributed by atoms with Gasteiger partial charge in [-0.25, -0.2) is 9.78 Å². The van der Waals surface area contributed by atoms with E-state index in [9.17, 15) is 14.7 Å². The van der Waals surface area contributed by atoms with Crippen molar-refractivity contribution in [2.45, 2.75) is 44.8 Å². The number of hydrogen-bond acceptors (Lipinski definition) is 10. The van der Waals surface area contributed by atoms with Crippen LogP contribution in [0.4, 0.5) is 0 Å². The maximum atomic E-state index is 13.5. The Morgan fingerprint density at radius 2 is 1.97 bits per heavy atom. The minimum atomic E-state index is -0.798. The number of piperidine rings is 1. The van der Waals surface area contributed by atoms with Crippen LogP contribution >= 0.6 is 0 Å². The SMILES string of the molecule is CC1(C)CC2(CCN(CC(O)c3cnc(-n4cnnn4)cn3)CC2)C(=O)N1C1=CC(=O)OC1. The van der Waals surface area contributed by atoms with Crippen LogP contribution in [-0.2, 0) is 14.3 Å². The molecule has 12 heteroatoms. The number of hydrogen-bond donors (Lipinski definition) is 1. The first-order valence-electron chi connectivity index (χ1n) is 11.0. The van der Waals surface area contributed by atoms with Crippen molar-refractivity contribution in [2.24, 2.45) is 5.41 Å². The number of amides is 1. The highest BCUT2D eigenvalue weighted by Crippen LogP contribution is 2.50. The summed E-state index contributed by atoms with van der Waals surface area (Å²) in [4.78, 5) is 37.5. The van der Waals surface area contributed by atoms with Crippen molar-refractivity contribution >= 4 is 11.9 Å². The van der Waals surface area contributed by atoms with Gasteiger partial charge in [-0.2, -0.15) is 4.68 Å². The summed E-state index contributed by atoms with van der Waals surface area (Å²) in [5, 5.41) is 21.6. The van der Waals surface area contributed by atoms with Crippen molar-refractivity contribution in [3.8, 4) is 5.82 Å². The first-order chi connectivity index (χ1) is 15.8. The van der Waals surface area contributed by atoms with Gasteiger partial charge in [-0.3, -0.25) is 9.78 Å². The summed E-state index contributed by atoms with van der Waals surface area (Å²) in [6, 6.07) is 0. The van der Waals surface area contributed by atoms with E-state index in [0.717, 1.165) is 6.42 Å². The number of ether oxygens (including phenoxy) is 1. The molecule has 1 amide bonds. The predicted octanol–water partition coefficient (Wildman–Crippen LogP) is 0.0195. The molecule has 0 saturated carbocycles. The number of β-amino-alcohol motifs (C(OH)–C–C–N with tert-alkyl or cyclic N) is 1. The average molecular weight is 454 g/mol. The highest BCUT2D eigenvalue weighted by atomic mass is 16.5. The Balaban J connectivity index is 1.21. The summed E-state index contributed by atoms with van der Waals surface area (Å²) in [5.41, 5.74) is 0.280. The van der Waals surface area contributed by atoms with Gasteiger partial charge < -0.3 is 19.6 Å². The molecule has 0 aromatic carbocycles. The number of rotatable bonds is 5. The van der Waals surface area contributed by atoms with Gasteiger partial charge in [0, 0.05) is 18.2 Å². The first kappa shape index (κ1) is 21.6. The smallest absolute Gasteiger partial charge is 0.333 e. The van der Waals surface area contributed by atoms with Crippen molar-refractivity contribution in [1.82, 2.24) is 40.0 Å². The second-order valence-corrected chi connectivity index (χ2v) is 9.52. The number of esters is 1. The molecule has 12 nitrogen and oxygen atoms in total. The highest BCUT2D eigenvalue weighted by Gasteiger charge is 2.57. The average Bonchev–Trinajstić information content (AvgIpc) is 3.50. The summed E-state index contributed by atoms with van der Waals surface area (Å²) in [6.07, 6.45) is 7.21. The monoisotopic (exact) mass is 454 g/mol. The van der Waals surface area contributed by atoms with Crippen molar-refractivity contribution in [3.05, 3.63) is 36.2 Å². The van der Waals surface area contributed by atoms with Crippen LogP contribution in [0.15, 0.2) is 30.5 Å². The number of carbonyl (C=O) groups is 2. The van der Waals surface area contributed by atoms with Crippen molar-refractivity contribution in [3.63, 3.8) is 0 Å². The van der Waals surface area contributed by atoms with Gasteiger partial charge in [0.1, 0.15) is 19.0 Å². The molecule has 3 aliphatic rings. The van der Waals surface area contributed by atoms with E-state index >= 15 is 0 Å². The van der Waals surface area contributed by atoms with E-state index in [0.29, 0.717) is 49.7 Å². The molecule has 1 unspecified atom stereocenters. The minimum absolute atomic E-state index is 0.0707. The fourth-order valence-electron chi connectivity index (χ4n) is 5.29. The Morgan fingerprint density at radius 1 is 1.18 bits per heavy atom. The lowest BCUT2D eigenvalue weighted by molar-refractivity contribution is -0.139. The van der Waals surface area contributed by atoms with E-state index in [1.165, 1.54) is 29.5 Å². The molecule has 0 aliphatic carbocycles. The molecule has 5 rings (SSSR count). The maximum Gasteiger partial charge on any atom is 0.333 e. The molecule has 1 atom stereocenters. The van der Waals surface area contributed by atoms with Crippen LogP contribution in [-0.4, -0.2) is 88.7 Å². The fourth-order valence-corrected chi connectivity index (χ4v) is 5.29. The topological polar surface area (TPSA) is 139 Å². The van der Waals surface area contributed by atoms with Gasteiger partial charge in [0.25, 0.3) is 0 Å². The Hall–Kier alpha value is -3.25. The number of aliphatic hydroxyl groups excluding tert-OH is 1. The highest BCUT2D eigenvalue weighted by molar-refractivity contribution is 5.91. The normalized spacial score (nSPS) is 23.1. The van der Waals surface area contributed by atoms with E-state index < -0.39 is 17.5 Å². The van der Waals surface area contributed by atoms with Gasteiger partial charge >= 0.3 is 5.97 Å². The van der Waals surface area contributed by atoms with Crippen LogP contribution in [0, 0.1) is 5.41 Å². The number of likely N-dealkylation sites (tertiary alicyclic amines) is 2. The van der Waals surface area contributed by atoms with Gasteiger partial charge in [0.05, 0.1) is 29.2 Å². The van der Waals surface area contributed by atoms with Crippen LogP contribution in [0.5, 0.6) is 0 Å². The number of carbonyl (C=O) groups excluding carboxylic acids is 2. The van der Waals surface area contributed by atoms with Crippen LogP contribution in [0.1, 0.15) is 44.9 Å². The third-order valence-corrected chi connectivity index (χ3v) is 6.79. The molecule has 174 valence electrons. The molecule has 0 bridgehead atoms. The number of aromatic nitrogens is 6. The Bertz CT molecular complexity index is 1070. The summed E-state index contributed by atoms with van der Waals surface area (Å²) < 4.78 is 6.43. The Labute approximate surface area is 190 Å². The molecule has 5 heterocycles. The van der Waals surface area contributed by atoms with Gasteiger partial charge in [-0.15, -0.1) is 5.10 Å². The second-order valence-electron chi connectivity index (χ2n) is 9.52. The molecule has 2 fully saturated rings. The molecule has 2 aromatic rings. The Kier molecular flexibility index (Phi) is 5.20. The van der Waals surface area contributed by atoms with Crippen molar-refractivity contribution < 1.29 is 19.4 Å². The molecule has 1 spiro atoms. The zero-order chi connectivity index (χ0) is 23.2. The lowest BCUT2D eigenvalue weighted by Crippen LogP contribution is -2.46. The summed E-state index contributed by atoms with van der Waals surface area (Å²) in [5.74, 6) is 0.140. The van der Waals surface area contributed by atoms with Crippen molar-refractivity contribution in [2.75, 3.05) is 26.2 Å². The van der Waals surface area contributed by atoms with E-state index in [2.05, 4.69) is 30.4 Å².